The number of amidine groups is 1. The summed E-state index contributed by atoms with van der Waals surface area (Å²) >= 11 is 0. The Kier molecular flexibility index (Phi) is 7.08. The number of hydrogen-bond acceptors (Lipinski definition) is 6. The molecule has 2 N–H and O–H groups in total. The van der Waals surface area contributed by atoms with Crippen molar-refractivity contribution < 1.29 is 9.53 Å². The van der Waals surface area contributed by atoms with Crippen molar-refractivity contribution in [1.29, 1.82) is 5.26 Å². The molecule has 27 heavy (non-hydrogen) atoms. The van der Waals surface area contributed by atoms with Gasteiger partial charge in [-0.05, 0) is 32.2 Å². The Bertz CT molecular complexity index is 571. The van der Waals surface area contributed by atoms with Crippen LogP contribution in [0.1, 0.15) is 51.4 Å². The summed E-state index contributed by atoms with van der Waals surface area (Å²) in [4.78, 5) is 19.8. The van der Waals surface area contributed by atoms with E-state index in [1.807, 2.05) is 0 Å². The topological polar surface area (TPSA) is 89.8 Å². The van der Waals surface area contributed by atoms with Crippen molar-refractivity contribution >= 4 is 11.7 Å². The standard InChI is InChI=1S/C20H33N5O2/c1-25-10-7-20(15-21,8-11-25)24-19(26)17(13-16-5-3-2-4-6-16)23-18-14-27-12-9-22-18/h16-17H,2-14H2,1H3,(H,22,23)(H,24,26). The zero-order chi connectivity index (χ0) is 19.1. The van der Waals surface area contributed by atoms with Crippen LogP contribution in [-0.2, 0) is 9.53 Å². The van der Waals surface area contributed by atoms with E-state index in [0.29, 0.717) is 38.5 Å². The van der Waals surface area contributed by atoms with Gasteiger partial charge in [0.25, 0.3) is 0 Å². The number of piperidine rings is 1. The summed E-state index contributed by atoms with van der Waals surface area (Å²) < 4.78 is 5.47. The van der Waals surface area contributed by atoms with Crippen LogP contribution in [0, 0.1) is 17.2 Å². The number of hydrogen-bond donors (Lipinski definition) is 2. The number of carbonyl (C=O) groups is 1. The van der Waals surface area contributed by atoms with E-state index in [4.69, 9.17) is 4.74 Å². The van der Waals surface area contributed by atoms with Crippen molar-refractivity contribution in [2.75, 3.05) is 39.9 Å². The molecule has 0 spiro atoms. The minimum Gasteiger partial charge on any atom is -0.372 e. The molecule has 150 valence electrons. The summed E-state index contributed by atoms with van der Waals surface area (Å²) in [5, 5.41) is 16.2. The minimum absolute atomic E-state index is 0.0695. The molecule has 0 aromatic heterocycles. The van der Waals surface area contributed by atoms with Gasteiger partial charge in [0.2, 0.25) is 5.91 Å². The molecule has 0 aromatic carbocycles. The largest absolute Gasteiger partial charge is 0.372 e. The number of ether oxygens (including phenoxy) is 1. The van der Waals surface area contributed by atoms with Crippen molar-refractivity contribution in [2.45, 2.75) is 62.9 Å². The molecule has 1 atom stereocenters. The summed E-state index contributed by atoms with van der Waals surface area (Å²) in [7, 11) is 2.05. The van der Waals surface area contributed by atoms with Gasteiger partial charge in [-0.3, -0.25) is 9.79 Å². The van der Waals surface area contributed by atoms with E-state index in [1.54, 1.807) is 0 Å². The minimum atomic E-state index is -0.749. The van der Waals surface area contributed by atoms with Crippen molar-refractivity contribution in [1.82, 2.24) is 15.5 Å². The summed E-state index contributed by atoms with van der Waals surface area (Å²) in [5.41, 5.74) is -0.749. The van der Waals surface area contributed by atoms with E-state index < -0.39 is 5.54 Å². The predicted octanol–water partition coefficient (Wildman–Crippen LogP) is 1.45. The molecule has 0 aromatic rings. The third kappa shape index (κ3) is 5.66. The highest BCUT2D eigenvalue weighted by atomic mass is 16.5. The SMILES string of the molecule is CN1CCC(C#N)(NC(=O)C(CC2CCCCC2)NC2=NCCOC2)CC1. The summed E-state index contributed by atoms with van der Waals surface area (Å²) in [6.07, 6.45) is 8.30. The van der Waals surface area contributed by atoms with Crippen LogP contribution in [0.25, 0.3) is 0 Å². The molecule has 1 amide bonds. The van der Waals surface area contributed by atoms with Crippen LogP contribution in [0.15, 0.2) is 4.99 Å². The van der Waals surface area contributed by atoms with Crippen molar-refractivity contribution in [2.24, 2.45) is 10.9 Å². The molecule has 2 aliphatic heterocycles. The van der Waals surface area contributed by atoms with Crippen LogP contribution in [0.5, 0.6) is 0 Å². The second kappa shape index (κ2) is 9.52. The fraction of sp³-hybridized carbons (Fsp3) is 0.850. The maximum atomic E-state index is 13.2. The average molecular weight is 376 g/mol. The van der Waals surface area contributed by atoms with Gasteiger partial charge in [-0.1, -0.05) is 32.1 Å². The highest BCUT2D eigenvalue weighted by Gasteiger charge is 2.37. The third-order valence-corrected chi connectivity index (χ3v) is 6.15. The molecule has 7 heteroatoms. The third-order valence-electron chi connectivity index (χ3n) is 6.15. The number of carbonyl (C=O) groups excluding carboxylic acids is 1. The van der Waals surface area contributed by atoms with E-state index in [-0.39, 0.29) is 11.9 Å². The molecule has 1 aliphatic carbocycles. The van der Waals surface area contributed by atoms with Crippen molar-refractivity contribution in [3.8, 4) is 6.07 Å². The Morgan fingerprint density at radius 3 is 2.74 bits per heavy atom. The number of likely N-dealkylation sites (tertiary alicyclic amines) is 1. The van der Waals surface area contributed by atoms with Crippen LogP contribution in [0.3, 0.4) is 0 Å². The number of aliphatic imine (C=N–C) groups is 1. The zero-order valence-corrected chi connectivity index (χ0v) is 16.5. The van der Waals surface area contributed by atoms with E-state index in [0.717, 1.165) is 25.3 Å². The smallest absolute Gasteiger partial charge is 0.243 e. The second-order valence-corrected chi connectivity index (χ2v) is 8.30. The van der Waals surface area contributed by atoms with Crippen LogP contribution in [0.2, 0.25) is 0 Å². The maximum Gasteiger partial charge on any atom is 0.243 e. The summed E-state index contributed by atoms with van der Waals surface area (Å²) in [5.74, 6) is 1.24. The van der Waals surface area contributed by atoms with Gasteiger partial charge in [0.15, 0.2) is 0 Å². The summed E-state index contributed by atoms with van der Waals surface area (Å²) in [6, 6.07) is 2.04. The fourth-order valence-electron chi connectivity index (χ4n) is 4.32. The van der Waals surface area contributed by atoms with Crippen LogP contribution in [-0.4, -0.2) is 68.1 Å². The Morgan fingerprint density at radius 1 is 1.37 bits per heavy atom. The van der Waals surface area contributed by atoms with Gasteiger partial charge in [-0.2, -0.15) is 5.26 Å². The number of nitrogens with zero attached hydrogens (tertiary/aromatic N) is 3. The molecule has 0 bridgehead atoms. The molecule has 2 fully saturated rings. The van der Waals surface area contributed by atoms with E-state index in [2.05, 4.69) is 33.6 Å². The van der Waals surface area contributed by atoms with Gasteiger partial charge in [-0.25, -0.2) is 0 Å². The Hall–Kier alpha value is -1.65. The molecule has 0 radical (unpaired) electrons. The second-order valence-electron chi connectivity index (χ2n) is 8.30. The lowest BCUT2D eigenvalue weighted by Gasteiger charge is -2.37. The first kappa shape index (κ1) is 20.1. The van der Waals surface area contributed by atoms with E-state index in [9.17, 15) is 10.1 Å². The predicted molar refractivity (Wildman–Crippen MR) is 104 cm³/mol. The number of nitriles is 1. The number of amides is 1. The molecule has 3 rings (SSSR count). The van der Waals surface area contributed by atoms with Gasteiger partial charge in [-0.15, -0.1) is 0 Å². The van der Waals surface area contributed by atoms with Gasteiger partial charge < -0.3 is 20.3 Å². The van der Waals surface area contributed by atoms with Gasteiger partial charge in [0.1, 0.15) is 24.0 Å². The van der Waals surface area contributed by atoms with E-state index >= 15 is 0 Å². The maximum absolute atomic E-state index is 13.2. The number of rotatable bonds is 5. The van der Waals surface area contributed by atoms with Crippen LogP contribution >= 0.6 is 0 Å². The average Bonchev–Trinajstić information content (AvgIpc) is 2.71. The number of nitrogens with one attached hydrogen (secondary N) is 2. The lowest BCUT2D eigenvalue weighted by Crippen LogP contribution is -2.59. The molecule has 1 saturated heterocycles. The first-order chi connectivity index (χ1) is 13.1. The highest BCUT2D eigenvalue weighted by Crippen LogP contribution is 2.28. The quantitative estimate of drug-likeness (QED) is 0.759. The van der Waals surface area contributed by atoms with Crippen molar-refractivity contribution in [3.63, 3.8) is 0 Å². The van der Waals surface area contributed by atoms with Crippen LogP contribution < -0.4 is 10.6 Å². The molecular formula is C20H33N5O2. The lowest BCUT2D eigenvalue weighted by molar-refractivity contribution is -0.125. The molecule has 3 aliphatic rings. The van der Waals surface area contributed by atoms with Crippen molar-refractivity contribution in [3.05, 3.63) is 0 Å². The normalized spacial score (nSPS) is 25.1. The first-order valence-corrected chi connectivity index (χ1v) is 10.4. The molecular weight excluding hydrogens is 342 g/mol. The summed E-state index contributed by atoms with van der Waals surface area (Å²) in [6.45, 7) is 3.36. The molecule has 1 unspecified atom stereocenters. The lowest BCUT2D eigenvalue weighted by atomic mass is 9.84. The first-order valence-electron chi connectivity index (χ1n) is 10.4. The Labute approximate surface area is 162 Å². The van der Waals surface area contributed by atoms with E-state index in [1.165, 1.54) is 32.1 Å². The Morgan fingerprint density at radius 2 is 2.11 bits per heavy atom. The van der Waals surface area contributed by atoms with Gasteiger partial charge in [0.05, 0.1) is 19.2 Å². The van der Waals surface area contributed by atoms with Gasteiger partial charge >= 0.3 is 0 Å². The zero-order valence-electron chi connectivity index (χ0n) is 16.5. The highest BCUT2D eigenvalue weighted by molar-refractivity contribution is 5.91. The monoisotopic (exact) mass is 375 g/mol. The van der Waals surface area contributed by atoms with Crippen LogP contribution in [0.4, 0.5) is 0 Å². The molecule has 7 nitrogen and oxygen atoms in total. The molecule has 1 saturated carbocycles. The fourth-order valence-corrected chi connectivity index (χ4v) is 4.32. The molecule has 2 heterocycles. The van der Waals surface area contributed by atoms with Gasteiger partial charge in [0, 0.05) is 13.1 Å². The Balaban J connectivity index is 1.66.